The van der Waals surface area contributed by atoms with Crippen molar-refractivity contribution < 1.29 is 4.79 Å². The lowest BCUT2D eigenvalue weighted by atomic mass is 10.0. The number of carbonyl (C=O) groups is 1. The second-order valence-electron chi connectivity index (χ2n) is 4.45. The molecular formula is C13H17BrN2O. The standard InChI is InChI=1S/C13H17BrN2O/c1-9-8-10(14)5-6-11(9)16-13(17)12-4-2-3-7-15-12/h5-6,8,12,15H,2-4,7H2,1H3,(H,16,17)/t12-/m1/s1. The van der Waals surface area contributed by atoms with Crippen LogP contribution in [0, 0.1) is 6.92 Å². The van der Waals surface area contributed by atoms with Crippen LogP contribution in [0.15, 0.2) is 22.7 Å². The van der Waals surface area contributed by atoms with E-state index < -0.39 is 0 Å². The minimum atomic E-state index is -0.0354. The zero-order valence-corrected chi connectivity index (χ0v) is 11.5. The molecule has 1 amide bonds. The maximum Gasteiger partial charge on any atom is 0.241 e. The number of anilines is 1. The Morgan fingerprint density at radius 1 is 1.47 bits per heavy atom. The van der Waals surface area contributed by atoms with Crippen molar-refractivity contribution in [3.05, 3.63) is 28.2 Å². The molecule has 1 aromatic carbocycles. The van der Waals surface area contributed by atoms with E-state index >= 15 is 0 Å². The molecule has 92 valence electrons. The first-order chi connectivity index (χ1) is 8.16. The monoisotopic (exact) mass is 296 g/mol. The van der Waals surface area contributed by atoms with E-state index in [1.54, 1.807) is 0 Å². The lowest BCUT2D eigenvalue weighted by Crippen LogP contribution is -2.43. The van der Waals surface area contributed by atoms with E-state index in [1.165, 1.54) is 6.42 Å². The number of rotatable bonds is 2. The van der Waals surface area contributed by atoms with Crippen molar-refractivity contribution in [2.24, 2.45) is 0 Å². The summed E-state index contributed by atoms with van der Waals surface area (Å²) >= 11 is 3.41. The number of benzene rings is 1. The van der Waals surface area contributed by atoms with Gasteiger partial charge in [0, 0.05) is 10.2 Å². The molecule has 0 saturated carbocycles. The highest BCUT2D eigenvalue weighted by Gasteiger charge is 2.20. The van der Waals surface area contributed by atoms with Crippen LogP contribution in [-0.2, 0) is 4.79 Å². The second kappa shape index (κ2) is 5.65. The van der Waals surface area contributed by atoms with Gasteiger partial charge in [-0.05, 0) is 50.1 Å². The second-order valence-corrected chi connectivity index (χ2v) is 5.37. The van der Waals surface area contributed by atoms with Gasteiger partial charge >= 0.3 is 0 Å². The van der Waals surface area contributed by atoms with Crippen LogP contribution in [0.2, 0.25) is 0 Å². The number of carbonyl (C=O) groups excluding carboxylic acids is 1. The topological polar surface area (TPSA) is 41.1 Å². The van der Waals surface area contributed by atoms with Crippen molar-refractivity contribution in [2.75, 3.05) is 11.9 Å². The summed E-state index contributed by atoms with van der Waals surface area (Å²) in [5.41, 5.74) is 1.97. The molecule has 3 nitrogen and oxygen atoms in total. The lowest BCUT2D eigenvalue weighted by Gasteiger charge is -2.23. The number of hydrogen-bond donors (Lipinski definition) is 2. The Balaban J connectivity index is 2.02. The van der Waals surface area contributed by atoms with Gasteiger partial charge in [0.15, 0.2) is 0 Å². The van der Waals surface area contributed by atoms with Crippen molar-refractivity contribution in [1.29, 1.82) is 0 Å². The minimum absolute atomic E-state index is 0.0354. The van der Waals surface area contributed by atoms with E-state index in [2.05, 4.69) is 26.6 Å². The zero-order valence-electron chi connectivity index (χ0n) is 9.92. The predicted molar refractivity (Wildman–Crippen MR) is 73.2 cm³/mol. The molecule has 2 rings (SSSR count). The molecule has 1 heterocycles. The van der Waals surface area contributed by atoms with Gasteiger partial charge in [0.2, 0.25) is 5.91 Å². The average Bonchev–Trinajstić information content (AvgIpc) is 2.34. The molecule has 0 unspecified atom stereocenters. The van der Waals surface area contributed by atoms with Gasteiger partial charge in [-0.1, -0.05) is 22.4 Å². The number of halogens is 1. The first kappa shape index (κ1) is 12.6. The Labute approximate surface area is 110 Å². The van der Waals surface area contributed by atoms with Crippen LogP contribution in [0.5, 0.6) is 0 Å². The fraction of sp³-hybridized carbons (Fsp3) is 0.462. The van der Waals surface area contributed by atoms with E-state index in [9.17, 15) is 4.79 Å². The van der Waals surface area contributed by atoms with Gasteiger partial charge in [-0.15, -0.1) is 0 Å². The molecule has 17 heavy (non-hydrogen) atoms. The normalized spacial score (nSPS) is 20.0. The molecule has 1 atom stereocenters. The van der Waals surface area contributed by atoms with Gasteiger partial charge in [0.05, 0.1) is 6.04 Å². The zero-order chi connectivity index (χ0) is 12.3. The van der Waals surface area contributed by atoms with E-state index in [0.29, 0.717) is 0 Å². The van der Waals surface area contributed by atoms with E-state index in [1.807, 2.05) is 25.1 Å². The first-order valence-electron chi connectivity index (χ1n) is 5.97. The van der Waals surface area contributed by atoms with Crippen molar-refractivity contribution in [3.63, 3.8) is 0 Å². The number of hydrogen-bond acceptors (Lipinski definition) is 2. The molecule has 1 saturated heterocycles. The van der Waals surface area contributed by atoms with Gasteiger partial charge in [-0.25, -0.2) is 0 Å². The highest BCUT2D eigenvalue weighted by Crippen LogP contribution is 2.20. The molecule has 1 fully saturated rings. The van der Waals surface area contributed by atoms with Crippen molar-refractivity contribution in [3.8, 4) is 0 Å². The van der Waals surface area contributed by atoms with Crippen LogP contribution in [0.1, 0.15) is 24.8 Å². The third-order valence-electron chi connectivity index (χ3n) is 3.07. The maximum absolute atomic E-state index is 12.0. The summed E-state index contributed by atoms with van der Waals surface area (Å²) < 4.78 is 1.03. The molecule has 0 radical (unpaired) electrons. The summed E-state index contributed by atoms with van der Waals surface area (Å²) in [4.78, 5) is 12.0. The Morgan fingerprint density at radius 3 is 2.94 bits per heavy atom. The fourth-order valence-electron chi connectivity index (χ4n) is 2.06. The van der Waals surface area contributed by atoms with Gasteiger partial charge in [0.25, 0.3) is 0 Å². The summed E-state index contributed by atoms with van der Waals surface area (Å²) in [5.74, 6) is 0.0788. The molecule has 1 aliphatic rings. The fourth-order valence-corrected chi connectivity index (χ4v) is 2.54. The van der Waals surface area contributed by atoms with Gasteiger partial charge in [0.1, 0.15) is 0 Å². The molecule has 0 spiro atoms. The summed E-state index contributed by atoms with van der Waals surface area (Å²) in [6.45, 7) is 2.94. The lowest BCUT2D eigenvalue weighted by molar-refractivity contribution is -0.118. The molecule has 4 heteroatoms. The number of piperidine rings is 1. The van der Waals surface area contributed by atoms with Crippen LogP contribution in [0.25, 0.3) is 0 Å². The summed E-state index contributed by atoms with van der Waals surface area (Å²) in [7, 11) is 0. The van der Waals surface area contributed by atoms with Crippen molar-refractivity contribution in [2.45, 2.75) is 32.2 Å². The van der Waals surface area contributed by atoms with Gasteiger partial charge in [-0.3, -0.25) is 4.79 Å². The minimum Gasteiger partial charge on any atom is -0.324 e. The molecule has 0 aromatic heterocycles. The Kier molecular flexibility index (Phi) is 4.18. The van der Waals surface area contributed by atoms with Crippen LogP contribution in [0.4, 0.5) is 5.69 Å². The highest BCUT2D eigenvalue weighted by molar-refractivity contribution is 9.10. The summed E-state index contributed by atoms with van der Waals surface area (Å²) in [6, 6.07) is 5.84. The number of amides is 1. The predicted octanol–water partition coefficient (Wildman–Crippen LogP) is 2.84. The molecular weight excluding hydrogens is 280 g/mol. The van der Waals surface area contributed by atoms with Gasteiger partial charge in [-0.2, -0.15) is 0 Å². The molecule has 1 aromatic rings. The highest BCUT2D eigenvalue weighted by atomic mass is 79.9. The average molecular weight is 297 g/mol. The van der Waals surface area contributed by atoms with Gasteiger partial charge < -0.3 is 10.6 Å². The van der Waals surface area contributed by atoms with E-state index in [0.717, 1.165) is 35.1 Å². The SMILES string of the molecule is Cc1cc(Br)ccc1NC(=O)[C@H]1CCCCN1. The van der Waals surface area contributed by atoms with E-state index in [-0.39, 0.29) is 11.9 Å². The van der Waals surface area contributed by atoms with E-state index in [4.69, 9.17) is 0 Å². The molecule has 1 aliphatic heterocycles. The van der Waals surface area contributed by atoms with Crippen LogP contribution >= 0.6 is 15.9 Å². The van der Waals surface area contributed by atoms with Crippen LogP contribution < -0.4 is 10.6 Å². The summed E-state index contributed by atoms with van der Waals surface area (Å²) in [5, 5.41) is 6.23. The molecule has 0 aliphatic carbocycles. The smallest absolute Gasteiger partial charge is 0.241 e. The van der Waals surface area contributed by atoms with Crippen LogP contribution in [0.3, 0.4) is 0 Å². The molecule has 0 bridgehead atoms. The summed E-state index contributed by atoms with van der Waals surface area (Å²) in [6.07, 6.45) is 3.23. The largest absolute Gasteiger partial charge is 0.324 e. The number of nitrogens with one attached hydrogen (secondary N) is 2. The number of aryl methyl sites for hydroxylation is 1. The Bertz CT molecular complexity index is 414. The van der Waals surface area contributed by atoms with Crippen molar-refractivity contribution >= 4 is 27.5 Å². The Hall–Kier alpha value is -0.870. The maximum atomic E-state index is 12.0. The van der Waals surface area contributed by atoms with Crippen molar-refractivity contribution in [1.82, 2.24) is 5.32 Å². The third-order valence-corrected chi connectivity index (χ3v) is 3.57. The Morgan fingerprint density at radius 2 is 2.29 bits per heavy atom. The first-order valence-corrected chi connectivity index (χ1v) is 6.76. The van der Waals surface area contributed by atoms with Crippen LogP contribution in [-0.4, -0.2) is 18.5 Å². The third kappa shape index (κ3) is 3.30. The molecule has 2 N–H and O–H groups in total. The quantitative estimate of drug-likeness (QED) is 0.881.